The molecule has 2 aromatic rings. The van der Waals surface area contributed by atoms with E-state index >= 15 is 0 Å². The summed E-state index contributed by atoms with van der Waals surface area (Å²) >= 11 is 6.04. The molecule has 1 N–H and O–H groups in total. The number of halogens is 1. The number of hydrogen-bond donors (Lipinski definition) is 1. The minimum absolute atomic E-state index is 0.0781. The fourth-order valence-corrected chi connectivity index (χ4v) is 1.82. The first-order valence-electron chi connectivity index (χ1n) is 5.07. The summed E-state index contributed by atoms with van der Waals surface area (Å²) in [5.74, 6) is 0.224. The van der Waals surface area contributed by atoms with Crippen molar-refractivity contribution in [1.29, 1.82) is 0 Å². The van der Waals surface area contributed by atoms with Gasteiger partial charge in [0.05, 0.1) is 0 Å². The van der Waals surface area contributed by atoms with E-state index in [0.29, 0.717) is 10.6 Å². The molecule has 17 heavy (non-hydrogen) atoms. The Balaban J connectivity index is 2.37. The summed E-state index contributed by atoms with van der Waals surface area (Å²) in [4.78, 5) is 10.2. The molecule has 0 amide bonds. The Labute approximate surface area is 104 Å². The number of benzene rings is 2. The van der Waals surface area contributed by atoms with Crippen molar-refractivity contribution in [3.8, 4) is 16.9 Å². The predicted octanol–water partition coefficient (Wildman–Crippen LogP) is 3.98. The molecule has 0 aromatic heterocycles. The fraction of sp³-hybridized carbons (Fsp3) is 0.0769. The second-order valence-electron chi connectivity index (χ2n) is 3.64. The van der Waals surface area contributed by atoms with Crippen LogP contribution in [0.4, 0.5) is 0 Å². The Morgan fingerprint density at radius 2 is 1.71 bits per heavy atom. The molecule has 0 aliphatic carbocycles. The summed E-state index contributed by atoms with van der Waals surface area (Å²) in [5, 5.41) is 12.5. The highest BCUT2D eigenvalue weighted by Crippen LogP contribution is 2.27. The van der Waals surface area contributed by atoms with Crippen molar-refractivity contribution < 1.29 is 5.11 Å². The maximum atomic E-state index is 10.2. The lowest BCUT2D eigenvalue weighted by Gasteiger charge is -2.05. The Morgan fingerprint density at radius 1 is 1.06 bits per heavy atom. The molecule has 0 bridgehead atoms. The highest BCUT2D eigenvalue weighted by atomic mass is 35.5. The molecular weight excluding hydrogens is 238 g/mol. The van der Waals surface area contributed by atoms with Gasteiger partial charge in [-0.15, -0.1) is 0 Å². The van der Waals surface area contributed by atoms with E-state index in [4.69, 9.17) is 11.6 Å². The zero-order valence-electron chi connectivity index (χ0n) is 8.93. The quantitative estimate of drug-likeness (QED) is 0.834. The monoisotopic (exact) mass is 247 g/mol. The molecule has 0 saturated heterocycles. The molecule has 0 unspecified atom stereocenters. The van der Waals surface area contributed by atoms with Crippen molar-refractivity contribution in [3.05, 3.63) is 58.0 Å². The molecule has 0 saturated carbocycles. The predicted molar refractivity (Wildman–Crippen MR) is 68.1 cm³/mol. The Bertz CT molecular complexity index is 538. The smallest absolute Gasteiger partial charge is 0.115 e. The van der Waals surface area contributed by atoms with E-state index in [1.54, 1.807) is 36.4 Å². The van der Waals surface area contributed by atoms with Crippen LogP contribution in [-0.4, -0.2) is 5.11 Å². The molecule has 0 atom stereocenters. The molecule has 3 nitrogen and oxygen atoms in total. The van der Waals surface area contributed by atoms with Crippen LogP contribution in [0.5, 0.6) is 5.75 Å². The topological polar surface area (TPSA) is 49.7 Å². The Morgan fingerprint density at radius 3 is 2.29 bits per heavy atom. The van der Waals surface area contributed by atoms with E-state index < -0.39 is 0 Å². The van der Waals surface area contributed by atoms with Gasteiger partial charge in [0.15, 0.2) is 0 Å². The summed E-state index contributed by atoms with van der Waals surface area (Å²) in [7, 11) is 0. The molecule has 0 radical (unpaired) electrons. The van der Waals surface area contributed by atoms with Gasteiger partial charge in [0.2, 0.25) is 0 Å². The number of aromatic hydroxyl groups is 1. The second kappa shape index (κ2) is 4.97. The van der Waals surface area contributed by atoms with Gasteiger partial charge in [0.25, 0.3) is 0 Å². The van der Waals surface area contributed by atoms with Crippen LogP contribution < -0.4 is 0 Å². The average Bonchev–Trinajstić information content (AvgIpc) is 2.33. The molecule has 0 spiro atoms. The summed E-state index contributed by atoms with van der Waals surface area (Å²) in [5.41, 5.74) is 2.60. The number of rotatable bonds is 3. The van der Waals surface area contributed by atoms with Gasteiger partial charge >= 0.3 is 0 Å². The highest BCUT2D eigenvalue weighted by Gasteiger charge is 2.04. The minimum atomic E-state index is 0.0781. The zero-order chi connectivity index (χ0) is 12.3. The molecule has 0 fully saturated rings. The van der Waals surface area contributed by atoms with Gasteiger partial charge in [0, 0.05) is 5.02 Å². The first kappa shape index (κ1) is 11.6. The molecule has 4 heteroatoms. The third-order valence-corrected chi connectivity index (χ3v) is 2.84. The molecular formula is C13H10ClNO2. The lowest BCUT2D eigenvalue weighted by Crippen LogP contribution is -1.84. The largest absolute Gasteiger partial charge is 0.508 e. The summed E-state index contributed by atoms with van der Waals surface area (Å²) < 4.78 is 0. The van der Waals surface area contributed by atoms with Gasteiger partial charge in [-0.25, -0.2) is 0 Å². The molecule has 2 aromatic carbocycles. The average molecular weight is 248 g/mol. The number of phenolic OH excluding ortho intramolecular Hbond substituents is 1. The summed E-state index contributed by atoms with van der Waals surface area (Å²) in [6.07, 6.45) is 0. The van der Waals surface area contributed by atoms with E-state index in [1.807, 2.05) is 6.07 Å². The van der Waals surface area contributed by atoms with Crippen molar-refractivity contribution >= 4 is 11.6 Å². The third-order valence-electron chi connectivity index (χ3n) is 2.49. The number of nitrogens with zero attached hydrogens (tertiary/aromatic N) is 1. The van der Waals surface area contributed by atoms with E-state index in [2.05, 4.69) is 5.18 Å². The van der Waals surface area contributed by atoms with Crippen LogP contribution in [0.2, 0.25) is 5.02 Å². The summed E-state index contributed by atoms with van der Waals surface area (Å²) in [6.45, 7) is 0.0781. The normalized spacial score (nSPS) is 10.2. The standard InChI is InChI=1S/C13H10ClNO2/c14-13-7-10(1-2-11(13)8-15-17)9-3-5-12(16)6-4-9/h1-7,16H,8H2. The van der Waals surface area contributed by atoms with Gasteiger partial charge in [-0.05, 0) is 34.9 Å². The molecule has 2 rings (SSSR count). The van der Waals surface area contributed by atoms with Crippen LogP contribution in [-0.2, 0) is 6.54 Å². The SMILES string of the molecule is O=NCc1ccc(-c2ccc(O)cc2)cc1Cl. The Hall–Kier alpha value is -1.87. The van der Waals surface area contributed by atoms with Gasteiger partial charge in [-0.2, -0.15) is 4.91 Å². The van der Waals surface area contributed by atoms with Crippen molar-refractivity contribution in [1.82, 2.24) is 0 Å². The Kier molecular flexibility index (Phi) is 3.40. The highest BCUT2D eigenvalue weighted by molar-refractivity contribution is 6.31. The van der Waals surface area contributed by atoms with Crippen LogP contribution in [0.25, 0.3) is 11.1 Å². The van der Waals surface area contributed by atoms with Crippen LogP contribution in [0, 0.1) is 4.91 Å². The molecule has 0 aliphatic heterocycles. The van der Waals surface area contributed by atoms with Gasteiger partial charge in [0.1, 0.15) is 12.3 Å². The van der Waals surface area contributed by atoms with Gasteiger partial charge in [-0.3, -0.25) is 0 Å². The summed E-state index contributed by atoms with van der Waals surface area (Å²) in [6, 6.07) is 12.3. The first-order chi connectivity index (χ1) is 8.20. The minimum Gasteiger partial charge on any atom is -0.508 e. The number of nitroso groups, excluding NO2 is 1. The zero-order valence-corrected chi connectivity index (χ0v) is 9.69. The molecule has 0 aliphatic rings. The first-order valence-corrected chi connectivity index (χ1v) is 5.45. The van der Waals surface area contributed by atoms with Crippen LogP contribution in [0.1, 0.15) is 5.56 Å². The lowest BCUT2D eigenvalue weighted by atomic mass is 10.0. The van der Waals surface area contributed by atoms with Crippen molar-refractivity contribution in [2.45, 2.75) is 6.54 Å². The van der Waals surface area contributed by atoms with E-state index in [9.17, 15) is 10.0 Å². The van der Waals surface area contributed by atoms with Crippen molar-refractivity contribution in [3.63, 3.8) is 0 Å². The van der Waals surface area contributed by atoms with Gasteiger partial charge in [-0.1, -0.05) is 41.0 Å². The maximum absolute atomic E-state index is 10.2. The number of hydrogen-bond acceptors (Lipinski definition) is 3. The van der Waals surface area contributed by atoms with Gasteiger partial charge < -0.3 is 5.11 Å². The number of phenols is 1. The maximum Gasteiger partial charge on any atom is 0.115 e. The fourth-order valence-electron chi connectivity index (χ4n) is 1.58. The molecule has 0 heterocycles. The van der Waals surface area contributed by atoms with E-state index in [-0.39, 0.29) is 12.3 Å². The third kappa shape index (κ3) is 2.63. The van der Waals surface area contributed by atoms with E-state index in [0.717, 1.165) is 11.1 Å². The van der Waals surface area contributed by atoms with Crippen molar-refractivity contribution in [2.24, 2.45) is 5.18 Å². The van der Waals surface area contributed by atoms with Crippen LogP contribution >= 0.6 is 11.6 Å². The second-order valence-corrected chi connectivity index (χ2v) is 4.05. The molecule has 86 valence electrons. The lowest BCUT2D eigenvalue weighted by molar-refractivity contribution is 0.475. The van der Waals surface area contributed by atoms with Crippen LogP contribution in [0.15, 0.2) is 47.6 Å². The van der Waals surface area contributed by atoms with Crippen LogP contribution in [0.3, 0.4) is 0 Å². The van der Waals surface area contributed by atoms with E-state index in [1.165, 1.54) is 0 Å². The van der Waals surface area contributed by atoms with Crippen molar-refractivity contribution in [2.75, 3.05) is 0 Å².